The molecule has 2 aliphatic heterocycles. The van der Waals surface area contributed by atoms with Crippen molar-refractivity contribution in [2.75, 3.05) is 31.8 Å². The molecule has 7 nitrogen and oxygen atoms in total. The van der Waals surface area contributed by atoms with Gasteiger partial charge in [0.2, 0.25) is 10.0 Å². The molecule has 0 spiro atoms. The van der Waals surface area contributed by atoms with Gasteiger partial charge in [0, 0.05) is 19.2 Å². The van der Waals surface area contributed by atoms with Crippen LogP contribution < -0.4 is 4.74 Å². The minimum Gasteiger partial charge on any atom is -0.495 e. The number of hydrogen-bond donors (Lipinski definition) is 0. The SMILES string of the molecule is COc1ccc(C)cc1S(=O)(=O)N(C[C@@H]1CCCO1)[C@@H]1CCS(=O)(=O)C1. The Kier molecular flexibility index (Phi) is 5.62. The van der Waals surface area contributed by atoms with Crippen LogP contribution in [0.4, 0.5) is 0 Å². The van der Waals surface area contributed by atoms with Crippen molar-refractivity contribution in [3.8, 4) is 5.75 Å². The zero-order valence-electron chi connectivity index (χ0n) is 15.0. The van der Waals surface area contributed by atoms with Crippen LogP contribution in [0, 0.1) is 6.92 Å². The predicted molar refractivity (Wildman–Crippen MR) is 97.7 cm³/mol. The normalized spacial score (nSPS) is 25.7. The number of ether oxygens (including phenoxy) is 2. The molecule has 0 amide bonds. The fourth-order valence-electron chi connectivity index (χ4n) is 3.55. The van der Waals surface area contributed by atoms with E-state index in [1.165, 1.54) is 11.4 Å². The van der Waals surface area contributed by atoms with Gasteiger partial charge in [-0.15, -0.1) is 0 Å². The van der Waals surface area contributed by atoms with Gasteiger partial charge in [-0.25, -0.2) is 16.8 Å². The number of sulfonamides is 1. The number of benzene rings is 1. The van der Waals surface area contributed by atoms with E-state index >= 15 is 0 Å². The van der Waals surface area contributed by atoms with Crippen molar-refractivity contribution in [1.29, 1.82) is 0 Å². The summed E-state index contributed by atoms with van der Waals surface area (Å²) in [5.41, 5.74) is 0.792. The van der Waals surface area contributed by atoms with E-state index in [0.717, 1.165) is 18.4 Å². The molecule has 0 bridgehead atoms. The first kappa shape index (κ1) is 19.6. The molecular formula is C17H25NO6S2. The zero-order valence-corrected chi connectivity index (χ0v) is 16.7. The second kappa shape index (κ2) is 7.46. The largest absolute Gasteiger partial charge is 0.495 e. The molecule has 2 aliphatic rings. The smallest absolute Gasteiger partial charge is 0.247 e. The van der Waals surface area contributed by atoms with E-state index in [2.05, 4.69) is 0 Å². The average molecular weight is 404 g/mol. The second-order valence-electron chi connectivity index (χ2n) is 6.92. The maximum atomic E-state index is 13.4. The highest BCUT2D eigenvalue weighted by Gasteiger charge is 2.41. The molecule has 9 heteroatoms. The number of rotatable bonds is 6. The zero-order chi connectivity index (χ0) is 18.9. The van der Waals surface area contributed by atoms with Gasteiger partial charge in [-0.05, 0) is 43.9 Å². The first-order chi connectivity index (χ1) is 12.2. The van der Waals surface area contributed by atoms with Crippen LogP contribution in [0.25, 0.3) is 0 Å². The Labute approximate surface area is 155 Å². The Morgan fingerprint density at radius 3 is 2.65 bits per heavy atom. The molecule has 2 saturated heterocycles. The lowest BCUT2D eigenvalue weighted by molar-refractivity contribution is 0.0876. The van der Waals surface area contributed by atoms with Crippen LogP contribution in [0.1, 0.15) is 24.8 Å². The number of nitrogens with zero attached hydrogens (tertiary/aromatic N) is 1. The lowest BCUT2D eigenvalue weighted by atomic mass is 10.2. The van der Waals surface area contributed by atoms with Crippen LogP contribution in [-0.4, -0.2) is 65.1 Å². The number of aryl methyl sites for hydroxylation is 1. The molecule has 2 heterocycles. The van der Waals surface area contributed by atoms with E-state index in [-0.39, 0.29) is 34.8 Å². The summed E-state index contributed by atoms with van der Waals surface area (Å²) in [5.74, 6) is 0.126. The van der Waals surface area contributed by atoms with Gasteiger partial charge in [-0.2, -0.15) is 4.31 Å². The molecule has 0 saturated carbocycles. The lowest BCUT2D eigenvalue weighted by Gasteiger charge is -2.30. The van der Waals surface area contributed by atoms with Gasteiger partial charge in [0.05, 0.1) is 24.7 Å². The van der Waals surface area contributed by atoms with Crippen molar-refractivity contribution in [3.05, 3.63) is 23.8 Å². The van der Waals surface area contributed by atoms with E-state index in [4.69, 9.17) is 9.47 Å². The van der Waals surface area contributed by atoms with E-state index in [9.17, 15) is 16.8 Å². The highest BCUT2D eigenvalue weighted by atomic mass is 32.2. The van der Waals surface area contributed by atoms with Gasteiger partial charge in [0.25, 0.3) is 0 Å². The molecular weight excluding hydrogens is 378 g/mol. The van der Waals surface area contributed by atoms with Crippen molar-refractivity contribution >= 4 is 19.9 Å². The summed E-state index contributed by atoms with van der Waals surface area (Å²) in [5, 5.41) is 0. The Morgan fingerprint density at radius 1 is 1.31 bits per heavy atom. The van der Waals surface area contributed by atoms with Crippen LogP contribution in [-0.2, 0) is 24.6 Å². The van der Waals surface area contributed by atoms with E-state index in [0.29, 0.717) is 13.0 Å². The molecule has 0 radical (unpaired) electrons. The summed E-state index contributed by atoms with van der Waals surface area (Å²) >= 11 is 0. The first-order valence-corrected chi connectivity index (χ1v) is 12.0. The first-order valence-electron chi connectivity index (χ1n) is 8.71. The molecule has 26 heavy (non-hydrogen) atoms. The van der Waals surface area contributed by atoms with Gasteiger partial charge >= 0.3 is 0 Å². The third-order valence-electron chi connectivity index (χ3n) is 4.93. The lowest BCUT2D eigenvalue weighted by Crippen LogP contribution is -2.45. The van der Waals surface area contributed by atoms with Crippen LogP contribution in [0.2, 0.25) is 0 Å². The summed E-state index contributed by atoms with van der Waals surface area (Å²) in [6.07, 6.45) is 1.76. The number of hydrogen-bond acceptors (Lipinski definition) is 6. The van der Waals surface area contributed by atoms with Gasteiger partial charge in [0.15, 0.2) is 9.84 Å². The summed E-state index contributed by atoms with van der Waals surface area (Å²) in [4.78, 5) is 0.0716. The molecule has 146 valence electrons. The molecule has 1 aromatic carbocycles. The highest BCUT2D eigenvalue weighted by molar-refractivity contribution is 7.92. The molecule has 2 atom stereocenters. The predicted octanol–water partition coefficient (Wildman–Crippen LogP) is 1.36. The summed E-state index contributed by atoms with van der Waals surface area (Å²) < 4.78 is 63.0. The Balaban J connectivity index is 2.00. The molecule has 0 aliphatic carbocycles. The Bertz CT molecular complexity index is 859. The summed E-state index contributed by atoms with van der Waals surface area (Å²) in [6, 6.07) is 4.40. The van der Waals surface area contributed by atoms with Crippen molar-refractivity contribution < 1.29 is 26.3 Å². The van der Waals surface area contributed by atoms with E-state index in [1.807, 2.05) is 6.92 Å². The van der Waals surface area contributed by atoms with Crippen molar-refractivity contribution in [3.63, 3.8) is 0 Å². The summed E-state index contributed by atoms with van der Waals surface area (Å²) in [6.45, 7) is 2.58. The minimum atomic E-state index is -3.92. The fraction of sp³-hybridized carbons (Fsp3) is 0.647. The second-order valence-corrected chi connectivity index (χ2v) is 11.0. The maximum absolute atomic E-state index is 13.4. The van der Waals surface area contributed by atoms with Crippen molar-refractivity contribution in [2.45, 2.75) is 43.2 Å². The van der Waals surface area contributed by atoms with E-state index in [1.54, 1.807) is 18.2 Å². The average Bonchev–Trinajstić information content (AvgIpc) is 3.21. The Hall–Kier alpha value is -1.16. The van der Waals surface area contributed by atoms with Gasteiger partial charge in [0.1, 0.15) is 10.6 Å². The van der Waals surface area contributed by atoms with Crippen molar-refractivity contribution in [1.82, 2.24) is 4.31 Å². The molecule has 3 rings (SSSR count). The van der Waals surface area contributed by atoms with E-state index < -0.39 is 25.9 Å². The molecule has 2 fully saturated rings. The van der Waals surface area contributed by atoms with Crippen LogP contribution in [0.5, 0.6) is 5.75 Å². The standard InChI is InChI=1S/C17H25NO6S2/c1-13-5-6-16(23-2)17(10-13)26(21,22)18(11-15-4-3-8-24-15)14-7-9-25(19,20)12-14/h5-6,10,14-15H,3-4,7-9,11-12H2,1-2H3/t14-,15+/m1/s1. The molecule has 0 unspecified atom stereocenters. The van der Waals surface area contributed by atoms with Gasteiger partial charge in [-0.3, -0.25) is 0 Å². The van der Waals surface area contributed by atoms with Gasteiger partial charge < -0.3 is 9.47 Å². The number of sulfone groups is 1. The number of methoxy groups -OCH3 is 1. The van der Waals surface area contributed by atoms with Crippen molar-refractivity contribution in [2.24, 2.45) is 0 Å². The monoisotopic (exact) mass is 403 g/mol. The molecule has 0 N–H and O–H groups in total. The third kappa shape index (κ3) is 4.05. The van der Waals surface area contributed by atoms with Crippen LogP contribution >= 0.6 is 0 Å². The molecule has 1 aromatic rings. The molecule has 0 aromatic heterocycles. The summed E-state index contributed by atoms with van der Waals surface area (Å²) in [7, 11) is -5.72. The maximum Gasteiger partial charge on any atom is 0.247 e. The fourth-order valence-corrected chi connectivity index (χ4v) is 7.30. The highest BCUT2D eigenvalue weighted by Crippen LogP contribution is 2.32. The van der Waals surface area contributed by atoms with Crippen LogP contribution in [0.3, 0.4) is 0 Å². The minimum absolute atomic E-state index is 0.0141. The third-order valence-corrected chi connectivity index (χ3v) is 8.62. The topological polar surface area (TPSA) is 90.0 Å². The Morgan fingerprint density at radius 2 is 2.08 bits per heavy atom. The quantitative estimate of drug-likeness (QED) is 0.712. The van der Waals surface area contributed by atoms with Crippen LogP contribution in [0.15, 0.2) is 23.1 Å². The van der Waals surface area contributed by atoms with Gasteiger partial charge in [-0.1, -0.05) is 6.07 Å².